The maximum atomic E-state index is 12.1. The predicted octanol–water partition coefficient (Wildman–Crippen LogP) is 3.71. The Hall–Kier alpha value is -1.03. The first-order chi connectivity index (χ1) is 8.75. The number of phenolic OH excluding ortho intramolecular Hbond substituents is 1. The molecule has 0 saturated carbocycles. The van der Waals surface area contributed by atoms with Gasteiger partial charge < -0.3 is 9.84 Å². The summed E-state index contributed by atoms with van der Waals surface area (Å²) < 4.78 is 5.34. The van der Waals surface area contributed by atoms with Crippen LogP contribution in [0.25, 0.3) is 0 Å². The fourth-order valence-corrected chi connectivity index (χ4v) is 2.79. The molecule has 4 heteroatoms. The van der Waals surface area contributed by atoms with Gasteiger partial charge in [0.05, 0.1) is 11.4 Å². The van der Waals surface area contributed by atoms with Crippen LogP contribution in [-0.2, 0) is 11.2 Å². The van der Waals surface area contributed by atoms with E-state index >= 15 is 0 Å². The van der Waals surface area contributed by atoms with Gasteiger partial charge in [-0.25, -0.2) is 0 Å². The van der Waals surface area contributed by atoms with Gasteiger partial charge in [0.15, 0.2) is 17.3 Å². The maximum Gasteiger partial charge on any atom is 0.161 e. The van der Waals surface area contributed by atoms with Crippen LogP contribution in [0.3, 0.4) is 0 Å². The SMILES string of the molecule is CCOc1cc(CC(Br)C(=O)C(C)(C)C)ccc1O. The molecule has 0 amide bonds. The monoisotopic (exact) mass is 328 g/mol. The first-order valence-corrected chi connectivity index (χ1v) is 7.30. The summed E-state index contributed by atoms with van der Waals surface area (Å²) in [5.74, 6) is 0.750. The van der Waals surface area contributed by atoms with E-state index in [1.54, 1.807) is 12.1 Å². The molecule has 3 nitrogen and oxygen atoms in total. The van der Waals surface area contributed by atoms with Crippen LogP contribution < -0.4 is 4.74 Å². The number of rotatable bonds is 5. The standard InChI is InChI=1S/C15H21BrO3/c1-5-19-13-9-10(6-7-12(13)17)8-11(16)14(18)15(2,3)4/h6-7,9,11,17H,5,8H2,1-4H3. The molecule has 0 heterocycles. The Balaban J connectivity index is 2.83. The lowest BCUT2D eigenvalue weighted by Gasteiger charge is -2.21. The molecule has 1 rings (SSSR count). The van der Waals surface area contributed by atoms with Crippen LogP contribution in [-0.4, -0.2) is 22.3 Å². The number of carbonyl (C=O) groups excluding carboxylic acids is 1. The number of benzene rings is 1. The number of Topliss-reactive ketones (excluding diaryl/α,β-unsaturated/α-hetero) is 1. The minimum Gasteiger partial charge on any atom is -0.504 e. The normalized spacial score (nSPS) is 13.1. The first kappa shape index (κ1) is 16.0. The molecule has 0 bridgehead atoms. The fraction of sp³-hybridized carbons (Fsp3) is 0.533. The second-order valence-electron chi connectivity index (χ2n) is 5.52. The van der Waals surface area contributed by atoms with Gasteiger partial charge in [0.1, 0.15) is 0 Å². The molecule has 19 heavy (non-hydrogen) atoms. The lowest BCUT2D eigenvalue weighted by atomic mass is 9.87. The zero-order chi connectivity index (χ0) is 14.6. The minimum atomic E-state index is -0.367. The van der Waals surface area contributed by atoms with Gasteiger partial charge in [-0.15, -0.1) is 0 Å². The van der Waals surface area contributed by atoms with Gasteiger partial charge in [-0.2, -0.15) is 0 Å². The third-order valence-corrected chi connectivity index (χ3v) is 3.50. The van der Waals surface area contributed by atoms with E-state index in [-0.39, 0.29) is 21.8 Å². The van der Waals surface area contributed by atoms with Crippen LogP contribution in [0, 0.1) is 5.41 Å². The number of hydrogen-bond acceptors (Lipinski definition) is 3. The van der Waals surface area contributed by atoms with Crippen LogP contribution in [0.2, 0.25) is 0 Å². The molecule has 1 N–H and O–H groups in total. The Morgan fingerprint density at radius 1 is 1.42 bits per heavy atom. The van der Waals surface area contributed by atoms with E-state index in [4.69, 9.17) is 4.74 Å². The Kier molecular flexibility index (Phi) is 5.41. The molecule has 0 saturated heterocycles. The minimum absolute atomic E-state index is 0.124. The van der Waals surface area contributed by atoms with Gasteiger partial charge in [-0.1, -0.05) is 42.8 Å². The van der Waals surface area contributed by atoms with Crippen molar-refractivity contribution in [1.29, 1.82) is 0 Å². The van der Waals surface area contributed by atoms with E-state index < -0.39 is 0 Å². The average Bonchev–Trinajstić information content (AvgIpc) is 2.31. The van der Waals surface area contributed by atoms with Crippen molar-refractivity contribution >= 4 is 21.7 Å². The second-order valence-corrected chi connectivity index (χ2v) is 6.63. The number of halogens is 1. The van der Waals surface area contributed by atoms with E-state index in [1.165, 1.54) is 0 Å². The topological polar surface area (TPSA) is 46.5 Å². The smallest absolute Gasteiger partial charge is 0.161 e. The predicted molar refractivity (Wildman–Crippen MR) is 80.2 cm³/mol. The molecule has 0 radical (unpaired) electrons. The van der Waals surface area contributed by atoms with Gasteiger partial charge in [-0.05, 0) is 31.0 Å². The molecule has 0 aliphatic carbocycles. The van der Waals surface area contributed by atoms with Crippen molar-refractivity contribution in [3.05, 3.63) is 23.8 Å². The molecule has 1 unspecified atom stereocenters. The highest BCUT2D eigenvalue weighted by molar-refractivity contribution is 9.10. The van der Waals surface area contributed by atoms with Gasteiger partial charge >= 0.3 is 0 Å². The molecular formula is C15H21BrO3. The second kappa shape index (κ2) is 6.42. The third-order valence-electron chi connectivity index (χ3n) is 2.76. The highest BCUT2D eigenvalue weighted by Gasteiger charge is 2.27. The highest BCUT2D eigenvalue weighted by Crippen LogP contribution is 2.29. The zero-order valence-electron chi connectivity index (χ0n) is 11.9. The lowest BCUT2D eigenvalue weighted by Crippen LogP contribution is -2.30. The fourth-order valence-electron chi connectivity index (χ4n) is 1.73. The van der Waals surface area contributed by atoms with Gasteiger partial charge in [0, 0.05) is 5.41 Å². The Bertz CT molecular complexity index is 449. The number of ether oxygens (including phenoxy) is 1. The van der Waals surface area contributed by atoms with Gasteiger partial charge in [0.25, 0.3) is 0 Å². The van der Waals surface area contributed by atoms with Crippen molar-refractivity contribution in [1.82, 2.24) is 0 Å². The van der Waals surface area contributed by atoms with Crippen molar-refractivity contribution < 1.29 is 14.6 Å². The number of alkyl halides is 1. The zero-order valence-corrected chi connectivity index (χ0v) is 13.5. The maximum absolute atomic E-state index is 12.1. The summed E-state index contributed by atoms with van der Waals surface area (Å²) in [6, 6.07) is 5.19. The van der Waals surface area contributed by atoms with E-state index in [0.717, 1.165) is 5.56 Å². The van der Waals surface area contributed by atoms with Crippen molar-refractivity contribution in [3.8, 4) is 11.5 Å². The van der Waals surface area contributed by atoms with Crippen LogP contribution >= 0.6 is 15.9 Å². The van der Waals surface area contributed by atoms with E-state index in [9.17, 15) is 9.90 Å². The summed E-state index contributed by atoms with van der Waals surface area (Å²) in [6.07, 6.45) is 0.580. The quantitative estimate of drug-likeness (QED) is 0.838. The molecule has 0 fully saturated rings. The number of aromatic hydroxyl groups is 1. The molecular weight excluding hydrogens is 308 g/mol. The van der Waals surface area contributed by atoms with Crippen molar-refractivity contribution in [2.24, 2.45) is 5.41 Å². The summed E-state index contributed by atoms with van der Waals surface area (Å²) in [5.41, 5.74) is 0.592. The molecule has 1 aromatic rings. The molecule has 0 aromatic heterocycles. The molecule has 106 valence electrons. The molecule has 1 atom stereocenters. The summed E-state index contributed by atoms with van der Waals surface area (Å²) in [4.78, 5) is 11.9. The van der Waals surface area contributed by atoms with Crippen molar-refractivity contribution in [3.63, 3.8) is 0 Å². The number of carbonyl (C=O) groups is 1. The first-order valence-electron chi connectivity index (χ1n) is 6.38. The average molecular weight is 329 g/mol. The number of phenols is 1. The molecule has 0 aliphatic rings. The van der Waals surface area contributed by atoms with Crippen LogP contribution in [0.5, 0.6) is 11.5 Å². The van der Waals surface area contributed by atoms with Gasteiger partial charge in [0.2, 0.25) is 0 Å². The van der Waals surface area contributed by atoms with E-state index in [2.05, 4.69) is 15.9 Å². The molecule has 0 aliphatic heterocycles. The third kappa shape index (κ3) is 4.53. The Morgan fingerprint density at radius 2 is 2.05 bits per heavy atom. The highest BCUT2D eigenvalue weighted by atomic mass is 79.9. The summed E-state index contributed by atoms with van der Waals surface area (Å²) in [5, 5.41) is 9.63. The van der Waals surface area contributed by atoms with E-state index in [1.807, 2.05) is 33.8 Å². The number of hydrogen-bond donors (Lipinski definition) is 1. The van der Waals surface area contributed by atoms with Crippen LogP contribution in [0.1, 0.15) is 33.3 Å². The Morgan fingerprint density at radius 3 is 2.58 bits per heavy atom. The van der Waals surface area contributed by atoms with Gasteiger partial charge in [-0.3, -0.25) is 4.79 Å². The summed E-state index contributed by atoms with van der Waals surface area (Å²) in [7, 11) is 0. The van der Waals surface area contributed by atoms with Crippen LogP contribution in [0.15, 0.2) is 18.2 Å². The van der Waals surface area contributed by atoms with E-state index in [0.29, 0.717) is 18.8 Å². The molecule has 0 spiro atoms. The summed E-state index contributed by atoms with van der Waals surface area (Å²) >= 11 is 3.44. The number of ketones is 1. The summed E-state index contributed by atoms with van der Waals surface area (Å²) in [6.45, 7) is 8.09. The lowest BCUT2D eigenvalue weighted by molar-refractivity contribution is -0.125. The van der Waals surface area contributed by atoms with Crippen molar-refractivity contribution in [2.75, 3.05) is 6.61 Å². The molecule has 1 aromatic carbocycles. The Labute approximate surface area is 123 Å². The van der Waals surface area contributed by atoms with Crippen molar-refractivity contribution in [2.45, 2.75) is 38.9 Å². The van der Waals surface area contributed by atoms with Crippen LogP contribution in [0.4, 0.5) is 0 Å². The largest absolute Gasteiger partial charge is 0.504 e.